The Bertz CT molecular complexity index is 617. The van der Waals surface area contributed by atoms with E-state index in [0.29, 0.717) is 12.3 Å². The summed E-state index contributed by atoms with van der Waals surface area (Å²) >= 11 is 0. The van der Waals surface area contributed by atoms with E-state index in [1.165, 1.54) is 0 Å². The molecule has 1 aliphatic rings. The maximum absolute atomic E-state index is 11.5. The van der Waals surface area contributed by atoms with Crippen LogP contribution in [-0.2, 0) is 21.7 Å². The molecule has 1 aromatic carbocycles. The van der Waals surface area contributed by atoms with Crippen molar-refractivity contribution in [3.05, 3.63) is 53.9 Å². The number of nitrogens with zero attached hydrogens (tertiary/aromatic N) is 1. The Morgan fingerprint density at radius 2 is 2.11 bits per heavy atom. The molecule has 1 atom stereocenters. The number of benzene rings is 1. The van der Waals surface area contributed by atoms with Crippen molar-refractivity contribution in [2.75, 3.05) is 0 Å². The van der Waals surface area contributed by atoms with Gasteiger partial charge in [-0.05, 0) is 25.1 Å². The van der Waals surface area contributed by atoms with Crippen LogP contribution < -0.4 is 0 Å². The summed E-state index contributed by atoms with van der Waals surface area (Å²) in [6.07, 6.45) is 1.87. The molecule has 0 unspecified atom stereocenters. The topological polar surface area (TPSA) is 51.5 Å². The lowest BCUT2D eigenvalue weighted by Crippen LogP contribution is -2.36. The van der Waals surface area contributed by atoms with Crippen LogP contribution in [0.1, 0.15) is 18.2 Å². The van der Waals surface area contributed by atoms with Crippen LogP contribution in [0, 0.1) is 0 Å². The molecule has 0 aliphatic carbocycles. The minimum Gasteiger partial charge on any atom is -0.479 e. The molecule has 0 saturated heterocycles. The number of aliphatic carboxylic acids is 1. The number of carboxylic acids is 1. The molecule has 4 heteroatoms. The van der Waals surface area contributed by atoms with Crippen molar-refractivity contribution in [3.63, 3.8) is 0 Å². The minimum atomic E-state index is -1.32. The highest BCUT2D eigenvalue weighted by molar-refractivity contribution is 5.79. The quantitative estimate of drug-likeness (QED) is 0.836. The lowest BCUT2D eigenvalue weighted by molar-refractivity contribution is -0.167. The van der Waals surface area contributed by atoms with Gasteiger partial charge in [-0.15, -0.1) is 0 Å². The van der Waals surface area contributed by atoms with Crippen LogP contribution in [-0.4, -0.2) is 15.6 Å². The molecular formula is C14H13NO3. The summed E-state index contributed by atoms with van der Waals surface area (Å²) in [5.74, 6) is -0.977. The van der Waals surface area contributed by atoms with E-state index in [1.54, 1.807) is 13.0 Å². The Hall–Kier alpha value is -2.07. The third-order valence-electron chi connectivity index (χ3n) is 3.41. The Morgan fingerprint density at radius 3 is 2.89 bits per heavy atom. The number of hydrogen-bond donors (Lipinski definition) is 1. The molecule has 18 heavy (non-hydrogen) atoms. The highest BCUT2D eigenvalue weighted by Crippen LogP contribution is 2.34. The van der Waals surface area contributed by atoms with E-state index in [9.17, 15) is 9.90 Å². The average Bonchev–Trinajstić information content (AvgIpc) is 2.81. The van der Waals surface area contributed by atoms with E-state index in [-0.39, 0.29) is 0 Å². The monoisotopic (exact) mass is 243 g/mol. The second-order valence-electron chi connectivity index (χ2n) is 4.52. The van der Waals surface area contributed by atoms with Crippen molar-refractivity contribution in [2.24, 2.45) is 0 Å². The van der Waals surface area contributed by atoms with Gasteiger partial charge in [-0.25, -0.2) is 4.79 Å². The van der Waals surface area contributed by atoms with Crippen molar-refractivity contribution in [3.8, 4) is 5.69 Å². The van der Waals surface area contributed by atoms with Gasteiger partial charge in [0.2, 0.25) is 5.60 Å². The second-order valence-corrected chi connectivity index (χ2v) is 4.52. The Kier molecular flexibility index (Phi) is 2.28. The van der Waals surface area contributed by atoms with Gasteiger partial charge in [0.15, 0.2) is 0 Å². The second kappa shape index (κ2) is 3.71. The molecule has 0 amide bonds. The van der Waals surface area contributed by atoms with Crippen LogP contribution >= 0.6 is 0 Å². The largest absolute Gasteiger partial charge is 0.479 e. The normalized spacial score (nSPS) is 21.8. The highest BCUT2D eigenvalue weighted by atomic mass is 16.5. The zero-order valence-electron chi connectivity index (χ0n) is 9.96. The van der Waals surface area contributed by atoms with Crippen molar-refractivity contribution < 1.29 is 14.6 Å². The maximum atomic E-state index is 11.5. The van der Waals surface area contributed by atoms with Crippen LogP contribution in [0.3, 0.4) is 0 Å². The summed E-state index contributed by atoms with van der Waals surface area (Å²) in [6, 6.07) is 11.4. The first kappa shape index (κ1) is 11.0. The van der Waals surface area contributed by atoms with Gasteiger partial charge in [-0.2, -0.15) is 0 Å². The van der Waals surface area contributed by atoms with Gasteiger partial charge in [0.1, 0.15) is 0 Å². The van der Waals surface area contributed by atoms with Crippen LogP contribution in [0.4, 0.5) is 0 Å². The molecule has 2 heterocycles. The lowest BCUT2D eigenvalue weighted by atomic mass is 10.0. The van der Waals surface area contributed by atoms with Crippen LogP contribution in [0.15, 0.2) is 42.6 Å². The molecule has 0 fully saturated rings. The zero-order chi connectivity index (χ0) is 12.8. The van der Waals surface area contributed by atoms with Gasteiger partial charge in [-0.3, -0.25) is 0 Å². The van der Waals surface area contributed by atoms with Crippen LogP contribution in [0.25, 0.3) is 5.69 Å². The number of carboxylic acid groups (broad SMARTS) is 1. The predicted molar refractivity (Wildman–Crippen MR) is 65.5 cm³/mol. The standard InChI is InChI=1S/C14H13NO3/c1-14(13(16)17)12-7-4-8-15(12)11-6-3-2-5-10(11)9-18-14/h2-8H,9H2,1H3,(H,16,17)/t14-/m1/s1. The van der Waals surface area contributed by atoms with E-state index in [4.69, 9.17) is 4.74 Å². The molecule has 0 saturated carbocycles. The first-order chi connectivity index (χ1) is 8.63. The van der Waals surface area contributed by atoms with Crippen molar-refractivity contribution in [1.29, 1.82) is 0 Å². The molecule has 3 rings (SSSR count). The Morgan fingerprint density at radius 1 is 1.33 bits per heavy atom. The maximum Gasteiger partial charge on any atom is 0.341 e. The lowest BCUT2D eigenvalue weighted by Gasteiger charge is -2.23. The smallest absolute Gasteiger partial charge is 0.341 e. The molecule has 0 bridgehead atoms. The van der Waals surface area contributed by atoms with E-state index in [1.807, 2.05) is 41.1 Å². The van der Waals surface area contributed by atoms with E-state index >= 15 is 0 Å². The summed E-state index contributed by atoms with van der Waals surface area (Å²) in [5, 5.41) is 9.43. The van der Waals surface area contributed by atoms with E-state index in [0.717, 1.165) is 11.3 Å². The fraction of sp³-hybridized carbons (Fsp3) is 0.214. The number of aromatic nitrogens is 1. The SMILES string of the molecule is C[C@@]1(C(=O)O)OCc2ccccc2-n2cccc21. The summed E-state index contributed by atoms with van der Waals surface area (Å²) in [4.78, 5) is 11.5. The molecule has 0 spiro atoms. The Labute approximate surface area is 104 Å². The number of para-hydroxylation sites is 1. The number of ether oxygens (including phenoxy) is 1. The van der Waals surface area contributed by atoms with Crippen molar-refractivity contribution >= 4 is 5.97 Å². The van der Waals surface area contributed by atoms with Gasteiger partial charge in [-0.1, -0.05) is 18.2 Å². The molecule has 92 valence electrons. The molecule has 4 nitrogen and oxygen atoms in total. The highest BCUT2D eigenvalue weighted by Gasteiger charge is 2.41. The summed E-state index contributed by atoms with van der Waals surface area (Å²) in [6.45, 7) is 1.88. The van der Waals surface area contributed by atoms with Crippen molar-refractivity contribution in [2.45, 2.75) is 19.1 Å². The first-order valence-corrected chi connectivity index (χ1v) is 5.76. The number of rotatable bonds is 1. The van der Waals surface area contributed by atoms with Crippen LogP contribution in [0.2, 0.25) is 0 Å². The van der Waals surface area contributed by atoms with Gasteiger partial charge >= 0.3 is 5.97 Å². The predicted octanol–water partition coefficient (Wildman–Crippen LogP) is 2.31. The van der Waals surface area contributed by atoms with Gasteiger partial charge in [0.25, 0.3) is 0 Å². The molecule has 1 N–H and O–H groups in total. The minimum absolute atomic E-state index is 0.292. The van der Waals surface area contributed by atoms with Crippen LogP contribution in [0.5, 0.6) is 0 Å². The molecule has 1 aromatic heterocycles. The summed E-state index contributed by atoms with van der Waals surface area (Å²) in [7, 11) is 0. The molecule has 2 aromatic rings. The van der Waals surface area contributed by atoms with E-state index < -0.39 is 11.6 Å². The fourth-order valence-corrected chi connectivity index (χ4v) is 2.32. The number of hydrogen-bond acceptors (Lipinski definition) is 2. The fourth-order valence-electron chi connectivity index (χ4n) is 2.32. The first-order valence-electron chi connectivity index (χ1n) is 5.76. The van der Waals surface area contributed by atoms with Gasteiger partial charge in [0.05, 0.1) is 18.0 Å². The molecule has 0 radical (unpaired) electrons. The van der Waals surface area contributed by atoms with Gasteiger partial charge < -0.3 is 14.4 Å². The van der Waals surface area contributed by atoms with E-state index in [2.05, 4.69) is 0 Å². The summed E-state index contributed by atoms with van der Waals surface area (Å²) < 4.78 is 7.53. The Balaban J connectivity index is 2.27. The molecular weight excluding hydrogens is 230 g/mol. The third-order valence-corrected chi connectivity index (χ3v) is 3.41. The summed E-state index contributed by atoms with van der Waals surface area (Å²) in [5.41, 5.74) is 1.28. The number of fused-ring (bicyclic) bond motifs is 3. The average molecular weight is 243 g/mol. The molecule has 1 aliphatic heterocycles. The zero-order valence-corrected chi connectivity index (χ0v) is 9.96. The third kappa shape index (κ3) is 1.39. The van der Waals surface area contributed by atoms with Gasteiger partial charge in [0, 0.05) is 11.8 Å². The number of carbonyl (C=O) groups is 1. The van der Waals surface area contributed by atoms with Crippen molar-refractivity contribution in [1.82, 2.24) is 4.57 Å².